The number of carbonyl (C=O) groups is 4. The second kappa shape index (κ2) is 3.12. The number of nitrogens with one attached hydrogen (secondary N) is 1. The predicted octanol–water partition coefficient (Wildman–Crippen LogP) is -2.07. The predicted molar refractivity (Wildman–Crippen MR) is 48.0 cm³/mol. The first kappa shape index (κ1) is 10.3. The Bertz CT molecular complexity index is 455. The van der Waals surface area contributed by atoms with Gasteiger partial charge in [-0.15, -0.1) is 0 Å². The fourth-order valence-electron chi connectivity index (χ4n) is 1.78. The van der Waals surface area contributed by atoms with Crippen molar-refractivity contribution in [1.82, 2.24) is 10.3 Å². The monoisotopic (exact) mass is 225 g/mol. The molecule has 0 aromatic rings. The van der Waals surface area contributed by atoms with E-state index < -0.39 is 41.4 Å². The Morgan fingerprint density at radius 1 is 1.38 bits per heavy atom. The summed E-state index contributed by atoms with van der Waals surface area (Å²) in [7, 11) is 0. The summed E-state index contributed by atoms with van der Waals surface area (Å²) >= 11 is 0. The Labute approximate surface area is 88.9 Å². The van der Waals surface area contributed by atoms with Gasteiger partial charge in [0.1, 0.15) is 5.92 Å². The van der Waals surface area contributed by atoms with E-state index in [1.165, 1.54) is 0 Å². The number of hydrogen-bond acceptors (Lipinski definition) is 5. The van der Waals surface area contributed by atoms with Crippen LogP contribution >= 0.6 is 0 Å². The maximum Gasteiger partial charge on any atom is 0.353 e. The van der Waals surface area contributed by atoms with Crippen LogP contribution in [0.5, 0.6) is 0 Å². The van der Waals surface area contributed by atoms with E-state index in [1.54, 1.807) is 0 Å². The van der Waals surface area contributed by atoms with Gasteiger partial charge in [0.05, 0.1) is 0 Å². The first-order valence-electron chi connectivity index (χ1n) is 4.39. The maximum atomic E-state index is 11.4. The summed E-state index contributed by atoms with van der Waals surface area (Å²) in [5.74, 6) is -4.64. The van der Waals surface area contributed by atoms with E-state index in [0.717, 1.165) is 11.9 Å². The minimum absolute atomic E-state index is 0.483. The van der Waals surface area contributed by atoms with Crippen molar-refractivity contribution in [1.29, 1.82) is 0 Å². The van der Waals surface area contributed by atoms with E-state index in [9.17, 15) is 19.2 Å². The van der Waals surface area contributed by atoms with Gasteiger partial charge in [-0.2, -0.15) is 5.10 Å². The van der Waals surface area contributed by atoms with Crippen molar-refractivity contribution in [3.63, 3.8) is 0 Å². The summed E-state index contributed by atoms with van der Waals surface area (Å²) in [5.41, 5.74) is -0.483. The van der Waals surface area contributed by atoms with Gasteiger partial charge in [-0.1, -0.05) is 0 Å². The second-order valence-corrected chi connectivity index (χ2v) is 3.43. The molecule has 1 fully saturated rings. The molecule has 2 N–H and O–H groups in total. The van der Waals surface area contributed by atoms with E-state index >= 15 is 0 Å². The molecule has 2 unspecified atom stereocenters. The lowest BCUT2D eigenvalue weighted by atomic mass is 9.98. The van der Waals surface area contributed by atoms with E-state index in [2.05, 4.69) is 5.10 Å². The summed E-state index contributed by atoms with van der Waals surface area (Å²) < 4.78 is 0. The number of fused-ring (bicyclic) bond motifs is 1. The fraction of sp³-hybridized carbons (Fsp3) is 0.375. The van der Waals surface area contributed by atoms with Crippen molar-refractivity contribution < 1.29 is 24.3 Å². The minimum Gasteiger partial charge on any atom is -0.477 e. The molecule has 0 spiro atoms. The van der Waals surface area contributed by atoms with E-state index in [1.807, 2.05) is 5.32 Å². The molecule has 0 bridgehead atoms. The van der Waals surface area contributed by atoms with Gasteiger partial charge < -0.3 is 5.11 Å². The molecule has 0 aromatic heterocycles. The molecule has 2 aliphatic rings. The number of rotatable bonds is 1. The van der Waals surface area contributed by atoms with Crippen LogP contribution < -0.4 is 5.32 Å². The molecule has 0 saturated carbocycles. The quantitative estimate of drug-likeness (QED) is 0.497. The lowest BCUT2D eigenvalue weighted by Gasteiger charge is -2.15. The first-order valence-corrected chi connectivity index (χ1v) is 4.39. The molecule has 2 heterocycles. The number of nitrogens with zero attached hydrogens (tertiary/aromatic N) is 2. The molecule has 84 valence electrons. The van der Waals surface area contributed by atoms with Crippen molar-refractivity contribution in [2.45, 2.75) is 13.0 Å². The topological polar surface area (TPSA) is 116 Å². The van der Waals surface area contributed by atoms with Gasteiger partial charge in [0.25, 0.3) is 5.91 Å². The largest absolute Gasteiger partial charge is 0.477 e. The van der Waals surface area contributed by atoms with Crippen LogP contribution in [0.15, 0.2) is 5.10 Å². The number of hydrogen-bond donors (Lipinski definition) is 2. The van der Waals surface area contributed by atoms with Gasteiger partial charge in [-0.05, 0) is 0 Å². The molecule has 0 aromatic carbocycles. The normalized spacial score (nSPS) is 27.6. The van der Waals surface area contributed by atoms with Crippen LogP contribution in [0, 0.1) is 5.92 Å². The minimum atomic E-state index is -1.41. The molecule has 16 heavy (non-hydrogen) atoms. The summed E-state index contributed by atoms with van der Waals surface area (Å²) in [6.45, 7) is 1.14. The Kier molecular flexibility index (Phi) is 2.00. The number of carbonyl (C=O) groups excluding carboxylic acids is 3. The fourth-order valence-corrected chi connectivity index (χ4v) is 1.78. The molecule has 1 saturated heterocycles. The van der Waals surface area contributed by atoms with Gasteiger partial charge in [0, 0.05) is 6.92 Å². The SMILES string of the molecule is CC(=O)N1N=C(C(=O)O)C2C(=O)NC(=O)C21. The van der Waals surface area contributed by atoms with Crippen molar-refractivity contribution in [3.8, 4) is 0 Å². The Hall–Kier alpha value is -2.25. The molecular weight excluding hydrogens is 218 g/mol. The number of carboxylic acids is 1. The van der Waals surface area contributed by atoms with E-state index in [4.69, 9.17) is 5.11 Å². The van der Waals surface area contributed by atoms with Gasteiger partial charge in [-0.3, -0.25) is 19.7 Å². The van der Waals surface area contributed by atoms with Crippen molar-refractivity contribution in [2.75, 3.05) is 0 Å². The van der Waals surface area contributed by atoms with E-state index in [-0.39, 0.29) is 0 Å². The highest BCUT2D eigenvalue weighted by Gasteiger charge is 2.55. The summed E-state index contributed by atoms with van der Waals surface area (Å²) in [4.78, 5) is 44.6. The number of carboxylic acid groups (broad SMARTS) is 1. The zero-order chi connectivity index (χ0) is 12.0. The molecule has 0 aliphatic carbocycles. The lowest BCUT2D eigenvalue weighted by Crippen LogP contribution is -2.40. The van der Waals surface area contributed by atoms with Gasteiger partial charge in [0.15, 0.2) is 11.8 Å². The van der Waals surface area contributed by atoms with Crippen LogP contribution in [-0.4, -0.2) is 45.6 Å². The Morgan fingerprint density at radius 2 is 2.00 bits per heavy atom. The van der Waals surface area contributed by atoms with Crippen LogP contribution in [0.2, 0.25) is 0 Å². The average molecular weight is 225 g/mol. The third kappa shape index (κ3) is 1.19. The number of amides is 3. The lowest BCUT2D eigenvalue weighted by molar-refractivity contribution is -0.136. The highest BCUT2D eigenvalue weighted by Crippen LogP contribution is 2.27. The third-order valence-corrected chi connectivity index (χ3v) is 2.43. The molecule has 2 aliphatic heterocycles. The summed E-state index contributed by atoms with van der Waals surface area (Å²) in [6, 6.07) is -1.16. The van der Waals surface area contributed by atoms with Crippen molar-refractivity contribution >= 4 is 29.4 Å². The van der Waals surface area contributed by atoms with Gasteiger partial charge >= 0.3 is 5.97 Å². The average Bonchev–Trinajstić information content (AvgIpc) is 2.67. The zero-order valence-corrected chi connectivity index (χ0v) is 8.13. The molecule has 2 atom stereocenters. The van der Waals surface area contributed by atoms with E-state index in [0.29, 0.717) is 0 Å². The second-order valence-electron chi connectivity index (χ2n) is 3.43. The number of hydrazone groups is 1. The molecule has 8 nitrogen and oxygen atoms in total. The smallest absolute Gasteiger partial charge is 0.353 e. The summed E-state index contributed by atoms with van der Waals surface area (Å²) in [5, 5.41) is 15.0. The number of imide groups is 1. The van der Waals surface area contributed by atoms with Crippen molar-refractivity contribution in [2.24, 2.45) is 11.0 Å². The first-order chi connectivity index (χ1) is 7.43. The third-order valence-electron chi connectivity index (χ3n) is 2.43. The van der Waals surface area contributed by atoms with Crippen LogP contribution in [0.1, 0.15) is 6.92 Å². The molecule has 3 amide bonds. The standard InChI is InChI=1S/C8H7N3O5/c1-2(12)11-5-3(4(10-11)8(15)16)6(13)9-7(5)14/h3,5H,1H3,(H,15,16)(H,9,13,14). The van der Waals surface area contributed by atoms with Crippen LogP contribution in [0.3, 0.4) is 0 Å². The van der Waals surface area contributed by atoms with Crippen LogP contribution in [-0.2, 0) is 19.2 Å². The maximum absolute atomic E-state index is 11.4. The Balaban J connectivity index is 2.47. The highest BCUT2D eigenvalue weighted by molar-refractivity contribution is 6.43. The van der Waals surface area contributed by atoms with Crippen LogP contribution in [0.25, 0.3) is 0 Å². The van der Waals surface area contributed by atoms with Gasteiger partial charge in [-0.25, -0.2) is 9.80 Å². The molecule has 8 heteroatoms. The number of aliphatic carboxylic acids is 1. The zero-order valence-electron chi connectivity index (χ0n) is 8.13. The highest BCUT2D eigenvalue weighted by atomic mass is 16.4. The van der Waals surface area contributed by atoms with Crippen molar-refractivity contribution in [3.05, 3.63) is 0 Å². The molecule has 2 rings (SSSR count). The van der Waals surface area contributed by atoms with Crippen LogP contribution in [0.4, 0.5) is 0 Å². The molecular formula is C8H7N3O5. The van der Waals surface area contributed by atoms with Gasteiger partial charge in [0.2, 0.25) is 11.8 Å². The Morgan fingerprint density at radius 3 is 2.50 bits per heavy atom. The summed E-state index contributed by atoms with van der Waals surface area (Å²) in [6.07, 6.45) is 0. The molecule has 0 radical (unpaired) electrons.